The van der Waals surface area contributed by atoms with E-state index in [0.717, 1.165) is 18.5 Å². The van der Waals surface area contributed by atoms with Crippen LogP contribution in [0, 0.1) is 6.92 Å². The monoisotopic (exact) mass is 426 g/mol. The highest BCUT2D eigenvalue weighted by Gasteiger charge is 2.41. The summed E-state index contributed by atoms with van der Waals surface area (Å²) < 4.78 is 9.99. The lowest BCUT2D eigenvalue weighted by molar-refractivity contribution is -0.113. The second-order valence-corrected chi connectivity index (χ2v) is 7.73. The van der Waals surface area contributed by atoms with Gasteiger partial charge in [-0.05, 0) is 50.5 Å². The largest absolute Gasteiger partial charge is 0.465 e. The molecule has 1 saturated carbocycles. The molecule has 2 aliphatic rings. The summed E-state index contributed by atoms with van der Waals surface area (Å²) in [4.78, 5) is 27.7. The molecular formula is C21H22N4O4S. The van der Waals surface area contributed by atoms with Gasteiger partial charge in [0.15, 0.2) is 10.9 Å². The van der Waals surface area contributed by atoms with Crippen molar-refractivity contribution < 1.29 is 18.8 Å². The number of hydrogen-bond acceptors (Lipinski definition) is 6. The van der Waals surface area contributed by atoms with Gasteiger partial charge < -0.3 is 24.8 Å². The Hall–Kier alpha value is -3.20. The molecule has 0 saturated heterocycles. The van der Waals surface area contributed by atoms with Crippen molar-refractivity contribution in [2.24, 2.45) is 0 Å². The Kier molecular flexibility index (Phi) is 5.29. The number of aryl methyl sites for hydroxylation is 1. The Morgan fingerprint density at radius 3 is 2.67 bits per heavy atom. The van der Waals surface area contributed by atoms with Crippen LogP contribution in [0.4, 0.5) is 5.82 Å². The first-order chi connectivity index (χ1) is 14.4. The maximum Gasteiger partial charge on any atom is 0.338 e. The number of aromatic nitrogens is 1. The lowest BCUT2D eigenvalue weighted by atomic mass is 9.91. The highest BCUT2D eigenvalue weighted by molar-refractivity contribution is 7.80. The molecule has 1 aromatic carbocycles. The number of hydrogen-bond donors (Lipinski definition) is 2. The third-order valence-electron chi connectivity index (χ3n) is 5.23. The summed E-state index contributed by atoms with van der Waals surface area (Å²) in [5.41, 5.74) is 2.20. The number of esters is 1. The molecular weight excluding hydrogens is 404 g/mol. The number of rotatable bonds is 5. The molecule has 156 valence electrons. The van der Waals surface area contributed by atoms with Gasteiger partial charge in [0.2, 0.25) is 0 Å². The number of ether oxygens (including phenoxy) is 1. The Bertz CT molecular complexity index is 1060. The van der Waals surface area contributed by atoms with Crippen molar-refractivity contribution in [2.75, 3.05) is 12.4 Å². The maximum absolute atomic E-state index is 13.3. The van der Waals surface area contributed by atoms with Crippen molar-refractivity contribution in [3.8, 4) is 0 Å². The van der Waals surface area contributed by atoms with E-state index in [0.29, 0.717) is 33.4 Å². The summed E-state index contributed by atoms with van der Waals surface area (Å²) in [5.74, 6) is 0.0914. The Morgan fingerprint density at radius 1 is 1.30 bits per heavy atom. The number of benzene rings is 1. The van der Waals surface area contributed by atoms with Gasteiger partial charge in [-0.25, -0.2) is 4.79 Å². The van der Waals surface area contributed by atoms with Crippen molar-refractivity contribution in [1.82, 2.24) is 15.4 Å². The quantitative estimate of drug-likeness (QED) is 0.556. The first-order valence-electron chi connectivity index (χ1n) is 9.63. The number of amides is 1. The summed E-state index contributed by atoms with van der Waals surface area (Å²) in [6.45, 7) is 3.63. The van der Waals surface area contributed by atoms with Gasteiger partial charge in [-0.2, -0.15) is 0 Å². The van der Waals surface area contributed by atoms with E-state index in [1.807, 2.05) is 17.9 Å². The lowest BCUT2D eigenvalue weighted by Gasteiger charge is -2.38. The minimum absolute atomic E-state index is 0.277. The zero-order chi connectivity index (χ0) is 21.4. The third-order valence-corrected chi connectivity index (χ3v) is 5.54. The molecule has 2 heterocycles. The first kappa shape index (κ1) is 20.1. The van der Waals surface area contributed by atoms with Crippen LogP contribution in [0.5, 0.6) is 0 Å². The van der Waals surface area contributed by atoms with E-state index in [-0.39, 0.29) is 11.9 Å². The average molecular weight is 426 g/mol. The van der Waals surface area contributed by atoms with Gasteiger partial charge in [0.25, 0.3) is 5.91 Å². The summed E-state index contributed by atoms with van der Waals surface area (Å²) in [6, 6.07) is 8.33. The molecule has 2 aromatic rings. The number of nitrogens with zero attached hydrogens (tertiary/aromatic N) is 2. The number of thiocarbonyl (C=S) groups is 1. The van der Waals surface area contributed by atoms with Gasteiger partial charge in [-0.15, -0.1) is 0 Å². The molecule has 30 heavy (non-hydrogen) atoms. The molecule has 0 radical (unpaired) electrons. The SMILES string of the molecule is COC(=O)c1ccccc1C1NC(=S)N(C2CC2)C(C)=C1C(=O)Nc1cc(C)on1. The molecule has 1 aliphatic carbocycles. The second kappa shape index (κ2) is 7.91. The van der Waals surface area contributed by atoms with Crippen LogP contribution in [0.25, 0.3) is 0 Å². The van der Waals surface area contributed by atoms with Crippen LogP contribution >= 0.6 is 12.2 Å². The molecule has 1 unspecified atom stereocenters. The number of anilines is 1. The van der Waals surface area contributed by atoms with Crippen LogP contribution in [0.1, 0.15) is 47.5 Å². The van der Waals surface area contributed by atoms with Crippen molar-refractivity contribution in [3.05, 3.63) is 58.5 Å². The normalized spacial score (nSPS) is 18.8. The highest BCUT2D eigenvalue weighted by atomic mass is 32.1. The van der Waals surface area contributed by atoms with Crippen LogP contribution in [0.2, 0.25) is 0 Å². The van der Waals surface area contributed by atoms with Gasteiger partial charge >= 0.3 is 5.97 Å². The van der Waals surface area contributed by atoms with E-state index < -0.39 is 12.0 Å². The third kappa shape index (κ3) is 3.68. The average Bonchev–Trinajstić information content (AvgIpc) is 3.48. The zero-order valence-corrected chi connectivity index (χ0v) is 17.7. The first-order valence-corrected chi connectivity index (χ1v) is 10.0. The van der Waals surface area contributed by atoms with E-state index >= 15 is 0 Å². The molecule has 1 fully saturated rings. The van der Waals surface area contributed by atoms with Crippen LogP contribution in [-0.2, 0) is 9.53 Å². The minimum Gasteiger partial charge on any atom is -0.465 e. The van der Waals surface area contributed by atoms with E-state index in [2.05, 4.69) is 15.8 Å². The molecule has 1 aromatic heterocycles. The van der Waals surface area contributed by atoms with E-state index in [4.69, 9.17) is 21.5 Å². The maximum atomic E-state index is 13.3. The minimum atomic E-state index is -0.615. The highest BCUT2D eigenvalue weighted by Crippen LogP contribution is 2.38. The molecule has 1 amide bonds. The van der Waals surface area contributed by atoms with E-state index in [9.17, 15) is 9.59 Å². The standard InChI is InChI=1S/C21H22N4O4S/c1-11-10-16(24-29-11)22-19(26)17-12(2)25(13-8-9-13)21(30)23-18(17)14-6-4-5-7-15(14)20(27)28-3/h4-7,10,13,18H,8-9H2,1-3H3,(H,23,30)(H,22,24,26). The van der Waals surface area contributed by atoms with Gasteiger partial charge in [-0.1, -0.05) is 23.4 Å². The molecule has 2 N–H and O–H groups in total. The summed E-state index contributed by atoms with van der Waals surface area (Å²) in [6.07, 6.45) is 2.03. The van der Waals surface area contributed by atoms with Gasteiger partial charge in [0.1, 0.15) is 5.76 Å². The molecule has 0 bridgehead atoms. The summed E-state index contributed by atoms with van der Waals surface area (Å²) >= 11 is 5.61. The van der Waals surface area contributed by atoms with E-state index in [1.165, 1.54) is 7.11 Å². The van der Waals surface area contributed by atoms with Gasteiger partial charge in [0, 0.05) is 17.8 Å². The molecule has 1 aliphatic heterocycles. The molecule has 1 atom stereocenters. The zero-order valence-electron chi connectivity index (χ0n) is 16.9. The van der Waals surface area contributed by atoms with Crippen molar-refractivity contribution in [3.63, 3.8) is 0 Å². The summed E-state index contributed by atoms with van der Waals surface area (Å²) in [7, 11) is 1.33. The molecule has 8 nitrogen and oxygen atoms in total. The Balaban J connectivity index is 1.79. The molecule has 9 heteroatoms. The smallest absolute Gasteiger partial charge is 0.338 e. The van der Waals surface area contributed by atoms with Crippen LogP contribution in [-0.4, -0.2) is 40.2 Å². The van der Waals surface area contributed by atoms with Gasteiger partial charge in [-0.3, -0.25) is 4.79 Å². The lowest BCUT2D eigenvalue weighted by Crippen LogP contribution is -2.49. The summed E-state index contributed by atoms with van der Waals surface area (Å²) in [5, 5.41) is 10.4. The van der Waals surface area contributed by atoms with E-state index in [1.54, 1.807) is 31.2 Å². The second-order valence-electron chi connectivity index (χ2n) is 7.34. The predicted octanol–water partition coefficient (Wildman–Crippen LogP) is 3.08. The number of nitrogens with one attached hydrogen (secondary N) is 2. The van der Waals surface area contributed by atoms with Crippen LogP contribution in [0.3, 0.4) is 0 Å². The van der Waals surface area contributed by atoms with Crippen LogP contribution in [0.15, 0.2) is 46.1 Å². The number of carbonyl (C=O) groups is 2. The topological polar surface area (TPSA) is 96.7 Å². The fourth-order valence-corrected chi connectivity index (χ4v) is 4.11. The number of carbonyl (C=O) groups excluding carboxylic acids is 2. The Labute approximate surface area is 179 Å². The fourth-order valence-electron chi connectivity index (χ4n) is 3.71. The molecule has 4 rings (SSSR count). The molecule has 0 spiro atoms. The van der Waals surface area contributed by atoms with Crippen molar-refractivity contribution >= 4 is 35.0 Å². The van der Waals surface area contributed by atoms with Gasteiger partial charge in [0.05, 0.1) is 24.3 Å². The predicted molar refractivity (Wildman–Crippen MR) is 114 cm³/mol. The van der Waals surface area contributed by atoms with Crippen molar-refractivity contribution in [2.45, 2.75) is 38.8 Å². The Morgan fingerprint density at radius 2 is 2.03 bits per heavy atom. The van der Waals surface area contributed by atoms with Crippen LogP contribution < -0.4 is 10.6 Å². The fraction of sp³-hybridized carbons (Fsp3) is 0.333. The number of allylic oxidation sites excluding steroid dienone is 1. The number of methoxy groups -OCH3 is 1. The van der Waals surface area contributed by atoms with Crippen molar-refractivity contribution in [1.29, 1.82) is 0 Å².